The van der Waals surface area contributed by atoms with Gasteiger partial charge in [0.2, 0.25) is 11.8 Å². The van der Waals surface area contributed by atoms with Gasteiger partial charge in [0.1, 0.15) is 5.52 Å². The molecule has 12 heteroatoms. The molecule has 0 fully saturated rings. The second-order valence-electron chi connectivity index (χ2n) is 7.05. The van der Waals surface area contributed by atoms with Crippen molar-refractivity contribution in [3.8, 4) is 28.7 Å². The molecule has 5 rings (SSSR count). The van der Waals surface area contributed by atoms with Crippen molar-refractivity contribution >= 4 is 29.7 Å². The van der Waals surface area contributed by atoms with Gasteiger partial charge in [-0.15, -0.1) is 17.5 Å². The Kier molecular flexibility index (Phi) is 5.49. The Balaban J connectivity index is 0.00000245. The van der Waals surface area contributed by atoms with E-state index in [4.69, 9.17) is 14.8 Å². The Morgan fingerprint density at radius 3 is 2.44 bits per heavy atom. The lowest BCUT2D eigenvalue weighted by Gasteiger charge is -2.10. The molecule has 1 N–H and O–H groups in total. The number of aryl methyl sites for hydroxylation is 3. The zero-order chi connectivity index (χ0) is 21.5. The maximum Gasteiger partial charge on any atom is 0.228 e. The molecule has 32 heavy (non-hydrogen) atoms. The lowest BCUT2D eigenvalue weighted by molar-refractivity contribution is 0.411. The van der Waals surface area contributed by atoms with Crippen molar-refractivity contribution in [2.75, 3.05) is 12.4 Å². The normalized spacial score (nSPS) is 10.9. The van der Waals surface area contributed by atoms with Crippen molar-refractivity contribution in [2.24, 2.45) is 14.1 Å². The molecule has 5 aromatic heterocycles. The van der Waals surface area contributed by atoms with E-state index in [1.54, 1.807) is 34.9 Å². The third-order valence-electron chi connectivity index (χ3n) is 4.99. The van der Waals surface area contributed by atoms with Gasteiger partial charge in [0.25, 0.3) is 0 Å². The average Bonchev–Trinajstić information content (AvgIpc) is 3.47. The van der Waals surface area contributed by atoms with E-state index >= 15 is 0 Å². The Bertz CT molecular complexity index is 1390. The predicted molar refractivity (Wildman–Crippen MR) is 121 cm³/mol. The van der Waals surface area contributed by atoms with E-state index in [1.165, 1.54) is 0 Å². The molecule has 0 aliphatic heterocycles. The van der Waals surface area contributed by atoms with Gasteiger partial charge < -0.3 is 14.6 Å². The summed E-state index contributed by atoms with van der Waals surface area (Å²) in [7, 11) is 5.36. The molecule has 0 aliphatic rings. The quantitative estimate of drug-likeness (QED) is 0.433. The first kappa shape index (κ1) is 21.2. The summed E-state index contributed by atoms with van der Waals surface area (Å²) < 4.78 is 10.6. The highest BCUT2D eigenvalue weighted by Gasteiger charge is 2.20. The standard InChI is InChI=1S/C20H20N10O.ClH/c1-12-14(15-5-7-29(3)26-15)11-30-16(12)17(25-20-22-9-13(31-4)10-23-20)24-18(27-30)19-21-6-8-28(19)2;/h5-11H,1-4H3,(H,22,23,24,25,27);1H. The van der Waals surface area contributed by atoms with Crippen molar-refractivity contribution in [3.63, 3.8) is 0 Å². The number of hydrogen-bond donors (Lipinski definition) is 1. The molecular weight excluding hydrogens is 432 g/mol. The third-order valence-corrected chi connectivity index (χ3v) is 4.99. The van der Waals surface area contributed by atoms with Crippen molar-refractivity contribution in [2.45, 2.75) is 6.92 Å². The van der Waals surface area contributed by atoms with Gasteiger partial charge in [0, 0.05) is 44.4 Å². The van der Waals surface area contributed by atoms with Crippen LogP contribution in [-0.2, 0) is 14.1 Å². The predicted octanol–water partition coefficient (Wildman–Crippen LogP) is 2.80. The van der Waals surface area contributed by atoms with E-state index in [-0.39, 0.29) is 12.4 Å². The number of imidazole rings is 1. The molecule has 0 aliphatic carbocycles. The van der Waals surface area contributed by atoms with Gasteiger partial charge in [-0.1, -0.05) is 0 Å². The Morgan fingerprint density at radius 1 is 1.03 bits per heavy atom. The third kappa shape index (κ3) is 3.62. The first-order chi connectivity index (χ1) is 15.0. The summed E-state index contributed by atoms with van der Waals surface area (Å²) >= 11 is 0. The highest BCUT2D eigenvalue weighted by atomic mass is 35.5. The van der Waals surface area contributed by atoms with E-state index in [2.05, 4.69) is 25.4 Å². The zero-order valence-electron chi connectivity index (χ0n) is 17.9. The van der Waals surface area contributed by atoms with Crippen LogP contribution in [-0.4, -0.2) is 51.0 Å². The summed E-state index contributed by atoms with van der Waals surface area (Å²) in [6, 6.07) is 1.97. The molecule has 0 bridgehead atoms. The number of nitrogens with zero attached hydrogens (tertiary/aromatic N) is 9. The molecule has 11 nitrogen and oxygen atoms in total. The molecule has 0 atom stereocenters. The van der Waals surface area contributed by atoms with Crippen LogP contribution in [0.4, 0.5) is 11.8 Å². The van der Waals surface area contributed by atoms with Gasteiger partial charge in [-0.2, -0.15) is 5.10 Å². The van der Waals surface area contributed by atoms with Crippen LogP contribution < -0.4 is 10.1 Å². The van der Waals surface area contributed by atoms with Gasteiger partial charge in [0.15, 0.2) is 17.4 Å². The molecule has 0 unspecified atom stereocenters. The number of fused-ring (bicyclic) bond motifs is 1. The molecular formula is C20H21ClN10O. The van der Waals surface area contributed by atoms with E-state index in [1.807, 2.05) is 50.2 Å². The van der Waals surface area contributed by atoms with Crippen molar-refractivity contribution in [1.82, 2.24) is 43.9 Å². The van der Waals surface area contributed by atoms with Gasteiger partial charge in [-0.05, 0) is 18.6 Å². The minimum absolute atomic E-state index is 0. The van der Waals surface area contributed by atoms with E-state index in [9.17, 15) is 0 Å². The van der Waals surface area contributed by atoms with E-state index in [0.29, 0.717) is 29.2 Å². The van der Waals surface area contributed by atoms with E-state index < -0.39 is 0 Å². The fourth-order valence-electron chi connectivity index (χ4n) is 3.40. The molecule has 0 spiro atoms. The number of hydrogen-bond acceptors (Lipinski definition) is 8. The van der Waals surface area contributed by atoms with Crippen LogP contribution in [0, 0.1) is 6.92 Å². The first-order valence-corrected chi connectivity index (χ1v) is 9.54. The number of methoxy groups -OCH3 is 1. The Morgan fingerprint density at radius 2 is 1.81 bits per heavy atom. The number of aromatic nitrogens is 9. The van der Waals surface area contributed by atoms with Gasteiger partial charge in [-0.25, -0.2) is 24.5 Å². The molecule has 0 saturated carbocycles. The Labute approximate surface area is 189 Å². The summed E-state index contributed by atoms with van der Waals surface area (Å²) in [5.41, 5.74) is 3.61. The van der Waals surface area contributed by atoms with Crippen LogP contribution in [0.25, 0.3) is 28.4 Å². The molecule has 5 heterocycles. The first-order valence-electron chi connectivity index (χ1n) is 9.54. The van der Waals surface area contributed by atoms with Gasteiger partial charge >= 0.3 is 0 Å². The minimum Gasteiger partial charge on any atom is -0.494 e. The maximum absolute atomic E-state index is 5.14. The van der Waals surface area contributed by atoms with Crippen LogP contribution in [0.3, 0.4) is 0 Å². The number of ether oxygens (including phenoxy) is 1. The van der Waals surface area contributed by atoms with E-state index in [0.717, 1.165) is 22.3 Å². The van der Waals surface area contributed by atoms with Crippen molar-refractivity contribution in [1.29, 1.82) is 0 Å². The lowest BCUT2D eigenvalue weighted by atomic mass is 10.1. The SMILES string of the molecule is COc1cnc(Nc2nc(-c3nccn3C)nn3cc(-c4ccn(C)n4)c(C)c23)nc1.Cl. The van der Waals surface area contributed by atoms with Crippen molar-refractivity contribution < 1.29 is 4.74 Å². The summed E-state index contributed by atoms with van der Waals surface area (Å²) in [6.07, 6.45) is 10.6. The summed E-state index contributed by atoms with van der Waals surface area (Å²) in [5.74, 6) is 2.65. The van der Waals surface area contributed by atoms with Gasteiger partial charge in [-0.3, -0.25) is 4.68 Å². The molecule has 0 radical (unpaired) electrons. The number of anilines is 2. The van der Waals surface area contributed by atoms with Crippen LogP contribution in [0.15, 0.2) is 43.2 Å². The molecule has 164 valence electrons. The second-order valence-corrected chi connectivity index (χ2v) is 7.05. The molecule has 5 aromatic rings. The lowest BCUT2D eigenvalue weighted by Crippen LogP contribution is -2.07. The fourth-order valence-corrected chi connectivity index (χ4v) is 3.40. The molecule has 0 amide bonds. The highest BCUT2D eigenvalue weighted by molar-refractivity contribution is 5.85. The minimum atomic E-state index is 0. The summed E-state index contributed by atoms with van der Waals surface area (Å²) in [5, 5.41) is 12.5. The monoisotopic (exact) mass is 452 g/mol. The maximum atomic E-state index is 5.14. The van der Waals surface area contributed by atoms with Crippen LogP contribution >= 0.6 is 12.4 Å². The number of halogens is 1. The molecule has 0 aromatic carbocycles. The summed E-state index contributed by atoms with van der Waals surface area (Å²) in [6.45, 7) is 2.02. The topological polar surface area (TPSA) is 113 Å². The number of rotatable bonds is 5. The van der Waals surface area contributed by atoms with Crippen LogP contribution in [0.1, 0.15) is 5.56 Å². The largest absolute Gasteiger partial charge is 0.494 e. The fraction of sp³-hybridized carbons (Fsp3) is 0.200. The smallest absolute Gasteiger partial charge is 0.228 e. The van der Waals surface area contributed by atoms with Crippen molar-refractivity contribution in [3.05, 3.63) is 48.8 Å². The average molecular weight is 453 g/mol. The molecule has 0 saturated heterocycles. The van der Waals surface area contributed by atoms with Crippen LogP contribution in [0.5, 0.6) is 5.75 Å². The number of nitrogens with one attached hydrogen (secondary N) is 1. The Hall–Kier alpha value is -3.99. The summed E-state index contributed by atoms with van der Waals surface area (Å²) in [4.78, 5) is 17.8. The zero-order valence-corrected chi connectivity index (χ0v) is 18.7. The second kappa shape index (κ2) is 8.27. The van der Waals surface area contributed by atoms with Crippen LogP contribution in [0.2, 0.25) is 0 Å². The highest BCUT2D eigenvalue weighted by Crippen LogP contribution is 2.32. The van der Waals surface area contributed by atoms with Gasteiger partial charge in [0.05, 0.1) is 25.2 Å².